The van der Waals surface area contributed by atoms with Crippen LogP contribution in [-0.2, 0) is 16.0 Å². The molecule has 0 fully saturated rings. The number of imidazole rings is 1. The van der Waals surface area contributed by atoms with Crippen molar-refractivity contribution in [1.82, 2.24) is 15.3 Å². The van der Waals surface area contributed by atoms with Crippen LogP contribution in [0.3, 0.4) is 0 Å². The number of hydrogen-bond donors (Lipinski definition) is 5. The van der Waals surface area contributed by atoms with E-state index in [-0.39, 0.29) is 6.42 Å². The van der Waals surface area contributed by atoms with Gasteiger partial charge in [-0.2, -0.15) is 0 Å². The van der Waals surface area contributed by atoms with Crippen LogP contribution in [0.5, 0.6) is 0 Å². The second-order valence-corrected chi connectivity index (χ2v) is 3.47. The highest BCUT2D eigenvalue weighted by Crippen LogP contribution is 1.99. The summed E-state index contributed by atoms with van der Waals surface area (Å²) in [4.78, 5) is 28.7. The van der Waals surface area contributed by atoms with Crippen LogP contribution in [0.4, 0.5) is 0 Å². The van der Waals surface area contributed by atoms with Crippen molar-refractivity contribution in [2.24, 2.45) is 5.73 Å². The van der Waals surface area contributed by atoms with Crippen molar-refractivity contribution < 1.29 is 19.8 Å². The highest BCUT2D eigenvalue weighted by molar-refractivity contribution is 5.86. The Balaban J connectivity index is 2.61. The average molecular weight is 242 g/mol. The number of carboxylic acid groups (broad SMARTS) is 1. The molecule has 0 saturated carbocycles. The van der Waals surface area contributed by atoms with Crippen LogP contribution in [0.15, 0.2) is 12.5 Å². The summed E-state index contributed by atoms with van der Waals surface area (Å²) in [6, 6.07) is -2.24. The van der Waals surface area contributed by atoms with E-state index in [1.807, 2.05) is 0 Å². The molecule has 1 heterocycles. The third-order valence-electron chi connectivity index (χ3n) is 2.13. The van der Waals surface area contributed by atoms with E-state index in [9.17, 15) is 9.59 Å². The monoisotopic (exact) mass is 242 g/mol. The summed E-state index contributed by atoms with van der Waals surface area (Å²) >= 11 is 0. The van der Waals surface area contributed by atoms with Crippen molar-refractivity contribution in [3.8, 4) is 0 Å². The Morgan fingerprint density at radius 1 is 1.59 bits per heavy atom. The topological polar surface area (TPSA) is 141 Å². The Kier molecular flexibility index (Phi) is 4.61. The fraction of sp³-hybridized carbons (Fsp3) is 0.444. The third-order valence-corrected chi connectivity index (χ3v) is 2.13. The summed E-state index contributed by atoms with van der Waals surface area (Å²) in [6.07, 6.45) is 2.95. The van der Waals surface area contributed by atoms with Gasteiger partial charge < -0.3 is 26.2 Å². The van der Waals surface area contributed by atoms with Gasteiger partial charge in [0.15, 0.2) is 0 Å². The van der Waals surface area contributed by atoms with Crippen molar-refractivity contribution in [2.45, 2.75) is 18.5 Å². The first-order chi connectivity index (χ1) is 8.04. The molecule has 8 heteroatoms. The maximum Gasteiger partial charge on any atom is 0.326 e. The minimum atomic E-state index is -1.18. The van der Waals surface area contributed by atoms with Gasteiger partial charge in [0.05, 0.1) is 12.9 Å². The predicted octanol–water partition coefficient (Wildman–Crippen LogP) is -2.16. The summed E-state index contributed by atoms with van der Waals surface area (Å²) in [5, 5.41) is 19.8. The Labute approximate surface area is 96.9 Å². The number of hydrogen-bond acceptors (Lipinski definition) is 5. The molecule has 0 aliphatic rings. The van der Waals surface area contributed by atoms with Crippen molar-refractivity contribution in [1.29, 1.82) is 0 Å². The lowest BCUT2D eigenvalue weighted by Crippen LogP contribution is -2.50. The summed E-state index contributed by atoms with van der Waals surface area (Å²) < 4.78 is 0. The largest absolute Gasteiger partial charge is 0.480 e. The lowest BCUT2D eigenvalue weighted by molar-refractivity contribution is -0.142. The molecule has 1 amide bonds. The summed E-state index contributed by atoms with van der Waals surface area (Å²) in [7, 11) is 0. The second-order valence-electron chi connectivity index (χ2n) is 3.47. The molecule has 1 aromatic rings. The molecule has 94 valence electrons. The first-order valence-electron chi connectivity index (χ1n) is 4.91. The van der Waals surface area contributed by atoms with Gasteiger partial charge in [-0.15, -0.1) is 0 Å². The number of aliphatic carboxylic acids is 1. The van der Waals surface area contributed by atoms with Crippen molar-refractivity contribution in [3.63, 3.8) is 0 Å². The van der Waals surface area contributed by atoms with Crippen LogP contribution in [0.25, 0.3) is 0 Å². The van der Waals surface area contributed by atoms with Gasteiger partial charge >= 0.3 is 5.97 Å². The zero-order valence-electron chi connectivity index (χ0n) is 8.96. The molecule has 0 bridgehead atoms. The van der Waals surface area contributed by atoms with Crippen molar-refractivity contribution >= 4 is 11.9 Å². The standard InChI is InChI=1S/C9H14N4O4/c10-6(3-14)8(15)13-7(9(16)17)1-5-2-11-4-12-5/h2,4,6-7,14H,1,3,10H2,(H,11,12)(H,13,15)(H,16,17)/t6-,7+/m0/s1. The predicted molar refractivity (Wildman–Crippen MR) is 56.9 cm³/mol. The number of aromatic nitrogens is 2. The maximum absolute atomic E-state index is 11.3. The van der Waals surface area contributed by atoms with E-state index in [0.717, 1.165) is 0 Å². The Morgan fingerprint density at radius 3 is 2.76 bits per heavy atom. The molecule has 1 rings (SSSR count). The van der Waals surface area contributed by atoms with E-state index in [2.05, 4.69) is 15.3 Å². The number of rotatable bonds is 6. The molecule has 0 unspecified atom stereocenters. The van der Waals surface area contributed by atoms with E-state index in [1.54, 1.807) is 0 Å². The van der Waals surface area contributed by atoms with Gasteiger partial charge in [-0.3, -0.25) is 4.79 Å². The molecule has 0 radical (unpaired) electrons. The van der Waals surface area contributed by atoms with Gasteiger partial charge in [0.25, 0.3) is 0 Å². The quantitative estimate of drug-likeness (QED) is 0.385. The lowest BCUT2D eigenvalue weighted by atomic mass is 10.1. The van der Waals surface area contributed by atoms with Crippen LogP contribution in [0.2, 0.25) is 0 Å². The number of H-pyrrole nitrogens is 1. The number of aliphatic hydroxyl groups excluding tert-OH is 1. The molecule has 0 spiro atoms. The average Bonchev–Trinajstić information content (AvgIpc) is 2.79. The highest BCUT2D eigenvalue weighted by Gasteiger charge is 2.23. The molecule has 0 saturated heterocycles. The van der Waals surface area contributed by atoms with E-state index in [0.29, 0.717) is 5.69 Å². The van der Waals surface area contributed by atoms with Gasteiger partial charge in [-0.05, 0) is 0 Å². The fourth-order valence-electron chi connectivity index (χ4n) is 1.18. The zero-order valence-corrected chi connectivity index (χ0v) is 8.96. The number of amides is 1. The second kappa shape index (κ2) is 5.97. The van der Waals surface area contributed by atoms with Gasteiger partial charge in [0.1, 0.15) is 12.1 Å². The number of nitrogens with zero attached hydrogens (tertiary/aromatic N) is 1. The molecule has 0 aliphatic heterocycles. The van der Waals surface area contributed by atoms with Crippen LogP contribution >= 0.6 is 0 Å². The SMILES string of the molecule is N[C@@H](CO)C(=O)N[C@H](Cc1cnc[nH]1)C(=O)O. The van der Waals surface area contributed by atoms with E-state index < -0.39 is 30.6 Å². The van der Waals surface area contributed by atoms with Crippen LogP contribution in [0, 0.1) is 0 Å². The number of nitrogens with two attached hydrogens (primary N) is 1. The number of carbonyl (C=O) groups is 2. The molecule has 0 aliphatic carbocycles. The Bertz CT molecular complexity index is 378. The number of carboxylic acids is 1. The zero-order chi connectivity index (χ0) is 12.8. The first kappa shape index (κ1) is 13.1. The third kappa shape index (κ3) is 3.85. The molecule has 8 nitrogen and oxygen atoms in total. The van der Waals surface area contributed by atoms with E-state index in [4.69, 9.17) is 15.9 Å². The summed E-state index contributed by atoms with van der Waals surface area (Å²) in [5.74, 6) is -1.89. The molecule has 17 heavy (non-hydrogen) atoms. The minimum absolute atomic E-state index is 0.0687. The van der Waals surface area contributed by atoms with E-state index in [1.165, 1.54) is 12.5 Å². The normalized spacial score (nSPS) is 14.0. The molecular formula is C9H14N4O4. The lowest BCUT2D eigenvalue weighted by Gasteiger charge is -2.15. The Morgan fingerprint density at radius 2 is 2.29 bits per heavy atom. The molecule has 6 N–H and O–H groups in total. The first-order valence-corrected chi connectivity index (χ1v) is 4.91. The smallest absolute Gasteiger partial charge is 0.326 e. The molecule has 2 atom stereocenters. The molecule has 0 aromatic carbocycles. The molecular weight excluding hydrogens is 228 g/mol. The molecule has 1 aromatic heterocycles. The Hall–Kier alpha value is -1.93. The maximum atomic E-state index is 11.3. The van der Waals surface area contributed by atoms with Crippen LogP contribution in [0.1, 0.15) is 5.69 Å². The summed E-state index contributed by atoms with van der Waals surface area (Å²) in [6.45, 7) is -0.539. The number of aliphatic hydroxyl groups is 1. The van der Waals surface area contributed by atoms with Gasteiger partial charge in [0.2, 0.25) is 5.91 Å². The number of carbonyl (C=O) groups excluding carboxylic acids is 1. The van der Waals surface area contributed by atoms with Crippen molar-refractivity contribution in [3.05, 3.63) is 18.2 Å². The minimum Gasteiger partial charge on any atom is -0.480 e. The van der Waals surface area contributed by atoms with Gasteiger partial charge in [-0.25, -0.2) is 9.78 Å². The van der Waals surface area contributed by atoms with E-state index >= 15 is 0 Å². The fourth-order valence-corrected chi connectivity index (χ4v) is 1.18. The number of aromatic amines is 1. The van der Waals surface area contributed by atoms with Gasteiger partial charge in [-0.1, -0.05) is 0 Å². The highest BCUT2D eigenvalue weighted by atomic mass is 16.4. The van der Waals surface area contributed by atoms with Gasteiger partial charge in [0, 0.05) is 18.3 Å². The van der Waals surface area contributed by atoms with Crippen LogP contribution < -0.4 is 11.1 Å². The summed E-state index contributed by atoms with van der Waals surface area (Å²) in [5.41, 5.74) is 5.84. The number of nitrogens with one attached hydrogen (secondary N) is 2. The van der Waals surface area contributed by atoms with Crippen LogP contribution in [-0.4, -0.2) is 50.7 Å². The van der Waals surface area contributed by atoms with Crippen molar-refractivity contribution in [2.75, 3.05) is 6.61 Å².